The van der Waals surface area contributed by atoms with Crippen molar-refractivity contribution in [3.8, 4) is 12.3 Å². The first-order valence-electron chi connectivity index (χ1n) is 7.10. The predicted molar refractivity (Wildman–Crippen MR) is 69.8 cm³/mol. The van der Waals surface area contributed by atoms with E-state index in [4.69, 9.17) is 20.6 Å². The number of rotatable bonds is 7. The zero-order valence-corrected chi connectivity index (χ0v) is 11.4. The third kappa shape index (κ3) is 3.06. The Labute approximate surface area is 110 Å². The van der Waals surface area contributed by atoms with Gasteiger partial charge in [-0.3, -0.25) is 0 Å². The van der Waals surface area contributed by atoms with Crippen LogP contribution in [-0.2, 0) is 14.2 Å². The van der Waals surface area contributed by atoms with E-state index in [1.807, 2.05) is 0 Å². The van der Waals surface area contributed by atoms with Crippen molar-refractivity contribution < 1.29 is 14.2 Å². The van der Waals surface area contributed by atoms with Crippen LogP contribution >= 0.6 is 0 Å². The van der Waals surface area contributed by atoms with E-state index in [0.717, 1.165) is 64.8 Å². The minimum Gasteiger partial charge on any atom is -0.327 e. The quantitative estimate of drug-likeness (QED) is 0.515. The van der Waals surface area contributed by atoms with Gasteiger partial charge in [0, 0.05) is 18.3 Å². The van der Waals surface area contributed by atoms with Gasteiger partial charge >= 0.3 is 0 Å². The maximum Gasteiger partial charge on any atom is 0.282 e. The van der Waals surface area contributed by atoms with Crippen molar-refractivity contribution in [2.24, 2.45) is 5.41 Å². The van der Waals surface area contributed by atoms with Gasteiger partial charge in [-0.1, -0.05) is 19.8 Å². The standard InChI is InChI=1S/C15H24O3/c1-3-5-6-7-8-10-15-16-11-14(9-4-2,12-17-15)13-18-15/h1H,4-13H2,2H3. The molecule has 0 aromatic carbocycles. The van der Waals surface area contributed by atoms with Crippen molar-refractivity contribution in [3.63, 3.8) is 0 Å². The van der Waals surface area contributed by atoms with Crippen molar-refractivity contribution in [2.45, 2.75) is 57.8 Å². The van der Waals surface area contributed by atoms with Crippen LogP contribution in [0.1, 0.15) is 51.9 Å². The lowest BCUT2D eigenvalue weighted by Gasteiger charge is -2.52. The van der Waals surface area contributed by atoms with E-state index in [2.05, 4.69) is 12.8 Å². The molecule has 0 N–H and O–H groups in total. The normalized spacial score (nSPS) is 34.4. The molecule has 0 aromatic heterocycles. The molecule has 0 atom stereocenters. The van der Waals surface area contributed by atoms with E-state index in [-0.39, 0.29) is 5.41 Å². The minimum absolute atomic E-state index is 0.111. The molecule has 0 saturated carbocycles. The zero-order chi connectivity index (χ0) is 12.9. The Morgan fingerprint density at radius 1 is 1.00 bits per heavy atom. The SMILES string of the molecule is C#CCCCCCC12OCC(CCC)(CO1)CO2. The third-order valence-electron chi connectivity index (χ3n) is 3.88. The van der Waals surface area contributed by atoms with Gasteiger partial charge in [0.05, 0.1) is 19.8 Å². The van der Waals surface area contributed by atoms with E-state index < -0.39 is 5.97 Å². The molecule has 3 heteroatoms. The molecule has 3 fully saturated rings. The summed E-state index contributed by atoms with van der Waals surface area (Å²) in [5.41, 5.74) is 0.111. The topological polar surface area (TPSA) is 27.7 Å². The molecule has 0 unspecified atom stereocenters. The summed E-state index contributed by atoms with van der Waals surface area (Å²) in [4.78, 5) is 0. The lowest BCUT2D eigenvalue weighted by atomic mass is 9.84. The molecule has 0 radical (unpaired) electrons. The lowest BCUT2D eigenvalue weighted by Crippen LogP contribution is -2.59. The second-order valence-electron chi connectivity index (χ2n) is 5.56. The van der Waals surface area contributed by atoms with E-state index >= 15 is 0 Å². The molecule has 2 bridgehead atoms. The first kappa shape index (κ1) is 13.9. The van der Waals surface area contributed by atoms with E-state index in [9.17, 15) is 0 Å². The molecule has 0 aromatic rings. The van der Waals surface area contributed by atoms with Crippen LogP contribution in [0.3, 0.4) is 0 Å². The lowest BCUT2D eigenvalue weighted by molar-refractivity contribution is -0.470. The fourth-order valence-corrected chi connectivity index (χ4v) is 2.75. The number of ether oxygens (including phenoxy) is 3. The number of hydrogen-bond acceptors (Lipinski definition) is 3. The fraction of sp³-hybridized carbons (Fsp3) is 0.867. The highest BCUT2D eigenvalue weighted by atomic mass is 16.9. The molecule has 3 saturated heterocycles. The van der Waals surface area contributed by atoms with Gasteiger partial charge in [0.25, 0.3) is 5.97 Å². The Balaban J connectivity index is 1.74. The van der Waals surface area contributed by atoms with Gasteiger partial charge in [-0.15, -0.1) is 12.3 Å². The van der Waals surface area contributed by atoms with Crippen molar-refractivity contribution >= 4 is 0 Å². The number of terminal acetylenes is 1. The highest BCUT2D eigenvalue weighted by molar-refractivity contribution is 4.88. The molecular formula is C15H24O3. The Hall–Kier alpha value is -0.560. The summed E-state index contributed by atoms with van der Waals surface area (Å²) in [6.07, 6.45) is 12.4. The number of fused-ring (bicyclic) bond motifs is 3. The van der Waals surface area contributed by atoms with E-state index in [1.54, 1.807) is 0 Å². The molecule has 3 aliphatic rings. The Morgan fingerprint density at radius 2 is 1.67 bits per heavy atom. The van der Waals surface area contributed by atoms with Crippen molar-refractivity contribution in [2.75, 3.05) is 19.8 Å². The largest absolute Gasteiger partial charge is 0.327 e. The summed E-state index contributed by atoms with van der Waals surface area (Å²) in [7, 11) is 0. The molecule has 3 nitrogen and oxygen atoms in total. The van der Waals surface area contributed by atoms with Crippen LogP contribution in [0.5, 0.6) is 0 Å². The molecule has 3 aliphatic heterocycles. The maximum atomic E-state index is 5.84. The molecule has 102 valence electrons. The van der Waals surface area contributed by atoms with Gasteiger partial charge in [0.2, 0.25) is 0 Å². The molecular weight excluding hydrogens is 228 g/mol. The summed E-state index contributed by atoms with van der Waals surface area (Å²) in [6.45, 7) is 4.54. The van der Waals surface area contributed by atoms with Crippen LogP contribution in [0.25, 0.3) is 0 Å². The van der Waals surface area contributed by atoms with Crippen LogP contribution in [0.2, 0.25) is 0 Å². The fourth-order valence-electron chi connectivity index (χ4n) is 2.75. The summed E-state index contributed by atoms with van der Waals surface area (Å²) in [5, 5.41) is 0. The van der Waals surface area contributed by atoms with Crippen LogP contribution in [0, 0.1) is 17.8 Å². The van der Waals surface area contributed by atoms with Gasteiger partial charge in [0.1, 0.15) is 0 Å². The Bertz CT molecular complexity index is 281. The number of unbranched alkanes of at least 4 members (excludes halogenated alkanes) is 3. The predicted octanol–water partition coefficient (Wildman–Crippen LogP) is 3.09. The molecule has 3 heterocycles. The minimum atomic E-state index is -0.744. The van der Waals surface area contributed by atoms with Gasteiger partial charge < -0.3 is 14.2 Å². The van der Waals surface area contributed by atoms with Gasteiger partial charge in [-0.25, -0.2) is 0 Å². The summed E-state index contributed by atoms with van der Waals surface area (Å²) < 4.78 is 17.5. The van der Waals surface area contributed by atoms with Gasteiger partial charge in [-0.2, -0.15) is 0 Å². The third-order valence-corrected chi connectivity index (χ3v) is 3.88. The monoisotopic (exact) mass is 252 g/mol. The zero-order valence-electron chi connectivity index (χ0n) is 11.4. The van der Waals surface area contributed by atoms with Crippen LogP contribution in [0.4, 0.5) is 0 Å². The van der Waals surface area contributed by atoms with Crippen molar-refractivity contribution in [1.82, 2.24) is 0 Å². The Morgan fingerprint density at radius 3 is 2.22 bits per heavy atom. The second kappa shape index (κ2) is 6.06. The van der Waals surface area contributed by atoms with Gasteiger partial charge in [-0.05, 0) is 19.3 Å². The van der Waals surface area contributed by atoms with Crippen LogP contribution in [0.15, 0.2) is 0 Å². The first-order chi connectivity index (χ1) is 8.74. The number of hydrogen-bond donors (Lipinski definition) is 0. The highest BCUT2D eigenvalue weighted by Gasteiger charge is 2.51. The molecule has 0 aliphatic carbocycles. The maximum absolute atomic E-state index is 5.84. The summed E-state index contributed by atoms with van der Waals surface area (Å²) in [5.74, 6) is 1.92. The molecule has 0 spiro atoms. The van der Waals surface area contributed by atoms with Crippen LogP contribution < -0.4 is 0 Å². The highest BCUT2D eigenvalue weighted by Crippen LogP contribution is 2.43. The van der Waals surface area contributed by atoms with Crippen LogP contribution in [-0.4, -0.2) is 25.8 Å². The van der Waals surface area contributed by atoms with Gasteiger partial charge in [0.15, 0.2) is 0 Å². The average molecular weight is 252 g/mol. The molecule has 0 amide bonds. The molecule has 3 rings (SSSR count). The van der Waals surface area contributed by atoms with E-state index in [0.29, 0.717) is 0 Å². The second-order valence-corrected chi connectivity index (χ2v) is 5.56. The summed E-state index contributed by atoms with van der Waals surface area (Å²) >= 11 is 0. The van der Waals surface area contributed by atoms with Crippen molar-refractivity contribution in [3.05, 3.63) is 0 Å². The summed E-state index contributed by atoms with van der Waals surface area (Å²) in [6, 6.07) is 0. The smallest absolute Gasteiger partial charge is 0.282 e. The first-order valence-corrected chi connectivity index (χ1v) is 7.10. The molecule has 18 heavy (non-hydrogen) atoms. The average Bonchev–Trinajstić information content (AvgIpc) is 2.41. The van der Waals surface area contributed by atoms with E-state index in [1.165, 1.54) is 0 Å². The Kier molecular flexibility index (Phi) is 4.66. The van der Waals surface area contributed by atoms with Crippen molar-refractivity contribution in [1.29, 1.82) is 0 Å².